The number of tetrazole rings is 1. The summed E-state index contributed by atoms with van der Waals surface area (Å²) in [7, 11) is 0. The SMILES string of the molecule is CCOC(=O)[C@@]1(CC)C[C@H]2CC[C@@H]1N2C(=O)c1ccc2nnnn2c1. The number of hydrogen-bond acceptors (Lipinski definition) is 6. The molecule has 2 aromatic heterocycles. The third kappa shape index (κ3) is 2.23. The number of carbonyl (C=O) groups excluding carboxylic acids is 2. The molecule has 1 amide bonds. The van der Waals surface area contributed by atoms with Gasteiger partial charge in [0, 0.05) is 18.3 Å². The van der Waals surface area contributed by atoms with Crippen LogP contribution in [0.1, 0.15) is 49.9 Å². The van der Waals surface area contributed by atoms with E-state index in [0.29, 0.717) is 30.7 Å². The lowest BCUT2D eigenvalue weighted by atomic mass is 9.72. The Balaban J connectivity index is 1.66. The molecule has 4 heterocycles. The Morgan fingerprint density at radius 1 is 1.32 bits per heavy atom. The monoisotopic (exact) mass is 343 g/mol. The van der Waals surface area contributed by atoms with Gasteiger partial charge in [-0.05, 0) is 55.2 Å². The van der Waals surface area contributed by atoms with Crippen LogP contribution in [0.4, 0.5) is 0 Å². The van der Waals surface area contributed by atoms with E-state index in [4.69, 9.17) is 4.74 Å². The Labute approximate surface area is 145 Å². The highest BCUT2D eigenvalue weighted by molar-refractivity contribution is 5.96. The number of aromatic nitrogens is 4. The minimum Gasteiger partial charge on any atom is -0.466 e. The van der Waals surface area contributed by atoms with Gasteiger partial charge in [0.1, 0.15) is 0 Å². The Kier molecular flexibility index (Phi) is 3.70. The van der Waals surface area contributed by atoms with E-state index in [1.165, 1.54) is 4.52 Å². The molecule has 2 fully saturated rings. The second-order valence-corrected chi connectivity index (χ2v) is 6.79. The number of ether oxygens (including phenoxy) is 1. The molecule has 2 bridgehead atoms. The lowest BCUT2D eigenvalue weighted by Gasteiger charge is -2.34. The average Bonchev–Trinajstić information content (AvgIpc) is 3.33. The van der Waals surface area contributed by atoms with Crippen LogP contribution < -0.4 is 0 Å². The number of carbonyl (C=O) groups is 2. The molecule has 0 radical (unpaired) electrons. The molecule has 0 aliphatic carbocycles. The normalized spacial score (nSPS) is 27.8. The smallest absolute Gasteiger partial charge is 0.314 e. The van der Waals surface area contributed by atoms with Crippen molar-refractivity contribution < 1.29 is 14.3 Å². The maximum Gasteiger partial charge on any atom is 0.314 e. The van der Waals surface area contributed by atoms with Crippen molar-refractivity contribution in [1.82, 2.24) is 24.9 Å². The summed E-state index contributed by atoms with van der Waals surface area (Å²) in [6, 6.07) is 3.46. The number of fused-ring (bicyclic) bond motifs is 3. The predicted molar refractivity (Wildman–Crippen MR) is 87.7 cm³/mol. The zero-order valence-corrected chi connectivity index (χ0v) is 14.4. The van der Waals surface area contributed by atoms with Gasteiger partial charge in [0.05, 0.1) is 17.6 Å². The van der Waals surface area contributed by atoms with Gasteiger partial charge in [0.15, 0.2) is 5.65 Å². The van der Waals surface area contributed by atoms with Crippen LogP contribution in [0.5, 0.6) is 0 Å². The first-order chi connectivity index (χ1) is 12.1. The van der Waals surface area contributed by atoms with E-state index >= 15 is 0 Å². The number of nitrogens with zero attached hydrogens (tertiary/aromatic N) is 5. The van der Waals surface area contributed by atoms with E-state index < -0.39 is 5.41 Å². The molecule has 25 heavy (non-hydrogen) atoms. The van der Waals surface area contributed by atoms with E-state index in [2.05, 4.69) is 15.5 Å². The minimum atomic E-state index is -0.576. The minimum absolute atomic E-state index is 0.0653. The number of esters is 1. The first-order valence-electron chi connectivity index (χ1n) is 8.78. The average molecular weight is 343 g/mol. The molecular formula is C17H21N5O3. The van der Waals surface area contributed by atoms with Crippen LogP contribution in [0.3, 0.4) is 0 Å². The van der Waals surface area contributed by atoms with Crippen molar-refractivity contribution in [2.75, 3.05) is 6.61 Å². The van der Waals surface area contributed by atoms with Gasteiger partial charge in [-0.15, -0.1) is 5.10 Å². The maximum atomic E-state index is 13.1. The highest BCUT2D eigenvalue weighted by Crippen LogP contribution is 2.52. The van der Waals surface area contributed by atoms with Gasteiger partial charge in [-0.25, -0.2) is 0 Å². The topological polar surface area (TPSA) is 89.7 Å². The molecule has 2 aliphatic rings. The first-order valence-corrected chi connectivity index (χ1v) is 8.78. The van der Waals surface area contributed by atoms with Crippen molar-refractivity contribution in [3.05, 3.63) is 23.9 Å². The first kappa shape index (κ1) is 16.0. The van der Waals surface area contributed by atoms with Gasteiger partial charge in [-0.1, -0.05) is 6.92 Å². The lowest BCUT2D eigenvalue weighted by molar-refractivity contribution is -0.157. The van der Waals surface area contributed by atoms with Crippen molar-refractivity contribution in [3.8, 4) is 0 Å². The predicted octanol–water partition coefficient (Wildman–Crippen LogP) is 1.46. The van der Waals surface area contributed by atoms with E-state index in [0.717, 1.165) is 12.8 Å². The van der Waals surface area contributed by atoms with Gasteiger partial charge in [-0.2, -0.15) is 4.52 Å². The highest BCUT2D eigenvalue weighted by atomic mass is 16.5. The summed E-state index contributed by atoms with van der Waals surface area (Å²) >= 11 is 0. The van der Waals surface area contributed by atoms with Crippen LogP contribution in [0.2, 0.25) is 0 Å². The number of pyridine rings is 1. The fraction of sp³-hybridized carbons (Fsp3) is 0.588. The standard InChI is InChI=1S/C17H21N5O3/c1-3-17(16(24)25-4-2)9-12-6-7-13(17)22(12)15(23)11-5-8-14-18-19-20-21(14)10-11/h5,8,10,12-13H,3-4,6-7,9H2,1-2H3/t12-,13+,17+/m1/s1. The second kappa shape index (κ2) is 5.79. The molecule has 0 unspecified atom stereocenters. The largest absolute Gasteiger partial charge is 0.466 e. The number of rotatable bonds is 4. The molecule has 3 atom stereocenters. The van der Waals surface area contributed by atoms with Crippen molar-refractivity contribution in [1.29, 1.82) is 0 Å². The van der Waals surface area contributed by atoms with E-state index in [9.17, 15) is 9.59 Å². The molecular weight excluding hydrogens is 322 g/mol. The Morgan fingerprint density at radius 2 is 2.16 bits per heavy atom. The van der Waals surface area contributed by atoms with Gasteiger partial charge in [0.2, 0.25) is 0 Å². The van der Waals surface area contributed by atoms with Gasteiger partial charge < -0.3 is 9.64 Å². The van der Waals surface area contributed by atoms with Gasteiger partial charge in [-0.3, -0.25) is 9.59 Å². The van der Waals surface area contributed by atoms with E-state index in [1.807, 2.05) is 18.7 Å². The van der Waals surface area contributed by atoms with Crippen LogP contribution in [-0.2, 0) is 9.53 Å². The quantitative estimate of drug-likeness (QED) is 0.781. The number of amides is 1. The van der Waals surface area contributed by atoms with Crippen molar-refractivity contribution >= 4 is 17.5 Å². The Morgan fingerprint density at radius 3 is 2.92 bits per heavy atom. The summed E-state index contributed by atoms with van der Waals surface area (Å²) in [6.07, 6.45) is 4.79. The molecule has 0 aromatic carbocycles. The molecule has 2 saturated heterocycles. The zero-order chi connectivity index (χ0) is 17.6. The summed E-state index contributed by atoms with van der Waals surface area (Å²) in [4.78, 5) is 27.7. The fourth-order valence-electron chi connectivity index (χ4n) is 4.53. The van der Waals surface area contributed by atoms with Crippen LogP contribution in [-0.4, -0.2) is 55.5 Å². The Bertz CT molecular complexity index is 835. The van der Waals surface area contributed by atoms with Gasteiger partial charge >= 0.3 is 5.97 Å². The fourth-order valence-corrected chi connectivity index (χ4v) is 4.53. The molecule has 4 rings (SSSR count). The molecule has 0 saturated carbocycles. The molecule has 8 heteroatoms. The highest BCUT2D eigenvalue weighted by Gasteiger charge is 2.61. The van der Waals surface area contributed by atoms with Crippen molar-refractivity contribution in [2.45, 2.75) is 51.6 Å². The summed E-state index contributed by atoms with van der Waals surface area (Å²) in [5, 5.41) is 11.3. The van der Waals surface area contributed by atoms with Crippen LogP contribution in [0, 0.1) is 5.41 Å². The molecule has 0 spiro atoms. The summed E-state index contributed by atoms with van der Waals surface area (Å²) in [5.41, 5.74) is 0.552. The molecule has 8 nitrogen and oxygen atoms in total. The van der Waals surface area contributed by atoms with Crippen LogP contribution in [0.25, 0.3) is 5.65 Å². The van der Waals surface area contributed by atoms with E-state index in [1.54, 1.807) is 18.3 Å². The van der Waals surface area contributed by atoms with Crippen molar-refractivity contribution in [3.63, 3.8) is 0 Å². The van der Waals surface area contributed by atoms with Crippen molar-refractivity contribution in [2.24, 2.45) is 5.41 Å². The lowest BCUT2D eigenvalue weighted by Crippen LogP contribution is -2.45. The third-order valence-electron chi connectivity index (χ3n) is 5.73. The molecule has 2 aromatic rings. The van der Waals surface area contributed by atoms with Crippen LogP contribution in [0.15, 0.2) is 18.3 Å². The maximum absolute atomic E-state index is 13.1. The summed E-state index contributed by atoms with van der Waals surface area (Å²) < 4.78 is 6.84. The van der Waals surface area contributed by atoms with Gasteiger partial charge in [0.25, 0.3) is 5.91 Å². The van der Waals surface area contributed by atoms with E-state index in [-0.39, 0.29) is 24.0 Å². The Hall–Kier alpha value is -2.51. The molecule has 132 valence electrons. The molecule has 0 N–H and O–H groups in total. The zero-order valence-electron chi connectivity index (χ0n) is 14.4. The second-order valence-electron chi connectivity index (χ2n) is 6.79. The summed E-state index contributed by atoms with van der Waals surface area (Å²) in [6.45, 7) is 4.19. The molecule has 2 aliphatic heterocycles. The number of hydrogen-bond donors (Lipinski definition) is 0. The third-order valence-corrected chi connectivity index (χ3v) is 5.73. The summed E-state index contributed by atoms with van der Waals surface area (Å²) in [5.74, 6) is -0.233. The van der Waals surface area contributed by atoms with Crippen LogP contribution >= 0.6 is 0 Å².